The molecular weight excluding hydrogens is 372 g/mol. The summed E-state index contributed by atoms with van der Waals surface area (Å²) in [4.78, 5) is 17.8. The van der Waals surface area contributed by atoms with Crippen molar-refractivity contribution in [3.05, 3.63) is 113 Å². The molecule has 146 valence electrons. The Morgan fingerprint density at radius 1 is 0.867 bits per heavy atom. The minimum atomic E-state index is 0.000328. The second-order valence-corrected chi connectivity index (χ2v) is 7.32. The number of furan rings is 1. The summed E-state index contributed by atoms with van der Waals surface area (Å²) in [5.41, 5.74) is 4.21. The molecule has 0 N–H and O–H groups in total. The average Bonchev–Trinajstić information content (AvgIpc) is 3.38. The van der Waals surface area contributed by atoms with Crippen molar-refractivity contribution in [1.82, 2.24) is 9.55 Å². The van der Waals surface area contributed by atoms with Gasteiger partial charge in [-0.1, -0.05) is 60.7 Å². The van der Waals surface area contributed by atoms with Gasteiger partial charge in [0.15, 0.2) is 17.4 Å². The van der Waals surface area contributed by atoms with Gasteiger partial charge < -0.3 is 8.98 Å². The molecule has 0 aliphatic rings. The largest absolute Gasteiger partial charge is 0.458 e. The summed E-state index contributed by atoms with van der Waals surface area (Å²) >= 11 is 0. The molecule has 0 aliphatic heterocycles. The summed E-state index contributed by atoms with van der Waals surface area (Å²) < 4.78 is 7.99. The lowest BCUT2D eigenvalue weighted by Crippen LogP contribution is -2.04. The van der Waals surface area contributed by atoms with E-state index in [1.807, 2.05) is 85.8 Å². The van der Waals surface area contributed by atoms with E-state index in [1.165, 1.54) is 0 Å². The van der Waals surface area contributed by atoms with Crippen LogP contribution in [0, 0.1) is 6.92 Å². The quantitative estimate of drug-likeness (QED) is 0.351. The van der Waals surface area contributed by atoms with Crippen LogP contribution in [0.5, 0.6) is 0 Å². The van der Waals surface area contributed by atoms with Crippen LogP contribution in [0.15, 0.2) is 95.4 Å². The molecule has 0 radical (unpaired) electrons. The molecule has 0 spiro atoms. The van der Waals surface area contributed by atoms with Crippen molar-refractivity contribution in [2.45, 2.75) is 13.5 Å². The Labute approximate surface area is 174 Å². The minimum Gasteiger partial charge on any atom is -0.458 e. The molecule has 5 aromatic rings. The van der Waals surface area contributed by atoms with Crippen LogP contribution in [0.3, 0.4) is 0 Å². The van der Waals surface area contributed by atoms with Crippen molar-refractivity contribution in [2.24, 2.45) is 0 Å². The van der Waals surface area contributed by atoms with Gasteiger partial charge >= 0.3 is 0 Å². The highest BCUT2D eigenvalue weighted by Crippen LogP contribution is 2.28. The Bertz CT molecular complexity index is 1330. The standard InChI is InChI=1S/C26H20N2O2/c1-18-12-15-24(30-18)26-27-22-14-13-21(25(29)20-10-6-3-7-11-20)16-23(22)28(26)17-19-8-4-2-5-9-19/h2-16H,17H2,1H3. The molecule has 0 unspecified atom stereocenters. The lowest BCUT2D eigenvalue weighted by Gasteiger charge is -2.09. The van der Waals surface area contributed by atoms with Gasteiger partial charge in [-0.05, 0) is 42.8 Å². The van der Waals surface area contributed by atoms with Gasteiger partial charge in [0.05, 0.1) is 11.0 Å². The van der Waals surface area contributed by atoms with Crippen LogP contribution in [-0.2, 0) is 6.54 Å². The number of rotatable bonds is 5. The van der Waals surface area contributed by atoms with Crippen LogP contribution in [0.4, 0.5) is 0 Å². The van der Waals surface area contributed by atoms with Gasteiger partial charge in [-0.15, -0.1) is 0 Å². The van der Waals surface area contributed by atoms with Gasteiger partial charge in [-0.25, -0.2) is 4.98 Å². The summed E-state index contributed by atoms with van der Waals surface area (Å²) in [6, 6.07) is 29.1. The first-order valence-electron chi connectivity index (χ1n) is 9.90. The molecule has 30 heavy (non-hydrogen) atoms. The number of carbonyl (C=O) groups is 1. The molecular formula is C26H20N2O2. The summed E-state index contributed by atoms with van der Waals surface area (Å²) in [7, 11) is 0. The molecule has 0 saturated heterocycles. The van der Waals surface area contributed by atoms with E-state index in [1.54, 1.807) is 0 Å². The Kier molecular flexibility index (Phi) is 4.52. The zero-order valence-electron chi connectivity index (χ0n) is 16.6. The van der Waals surface area contributed by atoms with E-state index in [-0.39, 0.29) is 5.78 Å². The normalized spacial score (nSPS) is 11.1. The predicted octanol–water partition coefficient (Wildman–Crippen LogP) is 5.88. The van der Waals surface area contributed by atoms with Crippen molar-refractivity contribution in [2.75, 3.05) is 0 Å². The third kappa shape index (κ3) is 3.33. The minimum absolute atomic E-state index is 0.000328. The molecule has 0 bridgehead atoms. The molecule has 0 atom stereocenters. The number of ketones is 1. The number of aromatic nitrogens is 2. The third-order valence-corrected chi connectivity index (χ3v) is 5.19. The maximum absolute atomic E-state index is 13.0. The fourth-order valence-electron chi connectivity index (χ4n) is 3.69. The number of carbonyl (C=O) groups excluding carboxylic acids is 1. The fraction of sp³-hybridized carbons (Fsp3) is 0.0769. The maximum atomic E-state index is 13.0. The fourth-order valence-corrected chi connectivity index (χ4v) is 3.69. The van der Waals surface area contributed by atoms with Crippen LogP contribution in [-0.4, -0.2) is 15.3 Å². The van der Waals surface area contributed by atoms with E-state index in [9.17, 15) is 4.79 Å². The highest BCUT2D eigenvalue weighted by molar-refractivity contribution is 6.10. The number of hydrogen-bond acceptors (Lipinski definition) is 3. The number of hydrogen-bond donors (Lipinski definition) is 0. The summed E-state index contributed by atoms with van der Waals surface area (Å²) in [6.07, 6.45) is 0. The van der Waals surface area contributed by atoms with Crippen molar-refractivity contribution in [3.8, 4) is 11.6 Å². The van der Waals surface area contributed by atoms with Crippen molar-refractivity contribution in [1.29, 1.82) is 0 Å². The first-order chi connectivity index (χ1) is 14.7. The second kappa shape index (κ2) is 7.48. The molecule has 4 nitrogen and oxygen atoms in total. The van der Waals surface area contributed by atoms with Gasteiger partial charge in [-0.3, -0.25) is 4.79 Å². The number of benzene rings is 3. The lowest BCUT2D eigenvalue weighted by atomic mass is 10.0. The van der Waals surface area contributed by atoms with Gasteiger partial charge in [0, 0.05) is 17.7 Å². The Balaban J connectivity index is 1.66. The average molecular weight is 392 g/mol. The lowest BCUT2D eigenvalue weighted by molar-refractivity contribution is 0.103. The molecule has 2 aromatic heterocycles. The van der Waals surface area contributed by atoms with Gasteiger partial charge in [-0.2, -0.15) is 0 Å². The van der Waals surface area contributed by atoms with E-state index in [2.05, 4.69) is 16.7 Å². The molecule has 3 aromatic carbocycles. The SMILES string of the molecule is Cc1ccc(-c2nc3ccc(C(=O)c4ccccc4)cc3n2Cc2ccccc2)o1. The summed E-state index contributed by atoms with van der Waals surface area (Å²) in [5, 5.41) is 0. The predicted molar refractivity (Wildman–Crippen MR) is 118 cm³/mol. The molecule has 5 rings (SSSR count). The van der Waals surface area contributed by atoms with Crippen LogP contribution < -0.4 is 0 Å². The Morgan fingerprint density at radius 3 is 2.30 bits per heavy atom. The zero-order chi connectivity index (χ0) is 20.5. The van der Waals surface area contributed by atoms with E-state index >= 15 is 0 Å². The van der Waals surface area contributed by atoms with Gasteiger partial charge in [0.25, 0.3) is 0 Å². The highest BCUT2D eigenvalue weighted by atomic mass is 16.3. The first-order valence-corrected chi connectivity index (χ1v) is 9.90. The monoisotopic (exact) mass is 392 g/mol. The van der Waals surface area contributed by atoms with Crippen LogP contribution in [0.2, 0.25) is 0 Å². The van der Waals surface area contributed by atoms with Crippen LogP contribution >= 0.6 is 0 Å². The highest BCUT2D eigenvalue weighted by Gasteiger charge is 2.18. The second-order valence-electron chi connectivity index (χ2n) is 7.32. The third-order valence-electron chi connectivity index (χ3n) is 5.19. The van der Waals surface area contributed by atoms with Crippen molar-refractivity contribution < 1.29 is 9.21 Å². The van der Waals surface area contributed by atoms with Gasteiger partial charge in [0.2, 0.25) is 0 Å². The first kappa shape index (κ1) is 18.1. The van der Waals surface area contributed by atoms with E-state index < -0.39 is 0 Å². The molecule has 0 aliphatic carbocycles. The van der Waals surface area contributed by atoms with Crippen LogP contribution in [0.1, 0.15) is 27.2 Å². The zero-order valence-corrected chi connectivity index (χ0v) is 16.6. The number of imidazole rings is 1. The smallest absolute Gasteiger partial charge is 0.193 e. The number of nitrogens with zero attached hydrogens (tertiary/aromatic N) is 2. The molecule has 0 amide bonds. The van der Waals surface area contributed by atoms with Crippen molar-refractivity contribution in [3.63, 3.8) is 0 Å². The van der Waals surface area contributed by atoms with Crippen molar-refractivity contribution >= 4 is 16.8 Å². The number of aryl methyl sites for hydroxylation is 1. The Morgan fingerprint density at radius 2 is 1.60 bits per heavy atom. The molecule has 0 saturated carbocycles. The molecule has 4 heteroatoms. The van der Waals surface area contributed by atoms with Gasteiger partial charge in [0.1, 0.15) is 5.76 Å². The topological polar surface area (TPSA) is 48.0 Å². The molecule has 0 fully saturated rings. The molecule has 2 heterocycles. The van der Waals surface area contributed by atoms with E-state index in [0.717, 1.165) is 33.9 Å². The van der Waals surface area contributed by atoms with E-state index in [0.29, 0.717) is 17.7 Å². The van der Waals surface area contributed by atoms with E-state index in [4.69, 9.17) is 9.40 Å². The maximum Gasteiger partial charge on any atom is 0.193 e. The summed E-state index contributed by atoms with van der Waals surface area (Å²) in [5.74, 6) is 2.31. The summed E-state index contributed by atoms with van der Waals surface area (Å²) in [6.45, 7) is 2.56. The number of fused-ring (bicyclic) bond motifs is 1. The van der Waals surface area contributed by atoms with Crippen LogP contribution in [0.25, 0.3) is 22.6 Å². The Hall–Kier alpha value is -3.92.